The van der Waals surface area contributed by atoms with E-state index in [-0.39, 0.29) is 32.1 Å². The van der Waals surface area contributed by atoms with E-state index in [0.29, 0.717) is 4.90 Å². The second kappa shape index (κ2) is 5.44. The Hall–Kier alpha value is -1.48. The fourth-order valence-corrected chi connectivity index (χ4v) is 2.72. The number of carboxylic acid groups (broad SMARTS) is 1. The van der Waals surface area contributed by atoms with Crippen molar-refractivity contribution in [3.63, 3.8) is 0 Å². The molecule has 2 N–H and O–H groups in total. The van der Waals surface area contributed by atoms with Crippen LogP contribution in [0.5, 0.6) is 0 Å². The molecule has 1 saturated heterocycles. The summed E-state index contributed by atoms with van der Waals surface area (Å²) in [5.74, 6) is -2.46. The number of nitrogens with zero attached hydrogens (tertiary/aromatic N) is 1. The van der Waals surface area contributed by atoms with E-state index in [1.165, 1.54) is 0 Å². The van der Waals surface area contributed by atoms with Gasteiger partial charge in [-0.2, -0.15) is 8.42 Å². The summed E-state index contributed by atoms with van der Waals surface area (Å²) in [7, 11) is -4.62. The summed E-state index contributed by atoms with van der Waals surface area (Å²) >= 11 is 0. The van der Waals surface area contributed by atoms with Crippen molar-refractivity contribution in [1.29, 1.82) is 0 Å². The molecule has 0 aromatic rings. The van der Waals surface area contributed by atoms with Crippen molar-refractivity contribution < 1.29 is 32.5 Å². The molecule has 1 aliphatic heterocycles. The van der Waals surface area contributed by atoms with Crippen LogP contribution in [0.4, 0.5) is 0 Å². The standard InChI is InChI=1S/C9H13NO7S/c11-6-4-5-7(12)10(6)8(18(15,16)17)2-1-3-9(13)14/h8H,1-5H2,(H,13,14)(H,15,16,17). The smallest absolute Gasteiger partial charge is 0.303 e. The molecule has 9 heteroatoms. The van der Waals surface area contributed by atoms with Crippen molar-refractivity contribution in [2.75, 3.05) is 0 Å². The Morgan fingerprint density at radius 3 is 2.17 bits per heavy atom. The molecule has 0 aromatic carbocycles. The van der Waals surface area contributed by atoms with Crippen molar-refractivity contribution in [2.45, 2.75) is 37.5 Å². The molecular weight excluding hydrogens is 266 g/mol. The Morgan fingerprint density at radius 2 is 1.78 bits per heavy atom. The maximum atomic E-state index is 11.4. The van der Waals surface area contributed by atoms with Crippen LogP contribution in [-0.4, -0.2) is 46.1 Å². The molecular formula is C9H13NO7S. The molecule has 1 aliphatic rings. The van der Waals surface area contributed by atoms with Crippen LogP contribution < -0.4 is 0 Å². The number of aliphatic carboxylic acids is 1. The highest BCUT2D eigenvalue weighted by Crippen LogP contribution is 2.22. The summed E-state index contributed by atoms with van der Waals surface area (Å²) < 4.78 is 31.3. The van der Waals surface area contributed by atoms with Gasteiger partial charge in [-0.25, -0.2) is 0 Å². The molecule has 0 radical (unpaired) electrons. The van der Waals surface area contributed by atoms with Crippen LogP contribution in [0.2, 0.25) is 0 Å². The first-order chi connectivity index (χ1) is 8.23. The maximum absolute atomic E-state index is 11.4. The molecule has 1 heterocycles. The molecule has 1 fully saturated rings. The zero-order valence-corrected chi connectivity index (χ0v) is 10.2. The molecule has 1 unspecified atom stereocenters. The average molecular weight is 279 g/mol. The van der Waals surface area contributed by atoms with Gasteiger partial charge in [0.15, 0.2) is 5.37 Å². The SMILES string of the molecule is O=C(O)CCCC(N1C(=O)CCC1=O)S(=O)(=O)O. The van der Waals surface area contributed by atoms with E-state index in [2.05, 4.69) is 0 Å². The fourth-order valence-electron chi connectivity index (χ4n) is 1.75. The molecule has 8 nitrogen and oxygen atoms in total. The highest BCUT2D eigenvalue weighted by molar-refractivity contribution is 7.86. The number of carbonyl (C=O) groups excluding carboxylic acids is 2. The second-order valence-corrected chi connectivity index (χ2v) is 5.49. The lowest BCUT2D eigenvalue weighted by molar-refractivity contribution is -0.139. The molecule has 18 heavy (non-hydrogen) atoms. The van der Waals surface area contributed by atoms with Crippen molar-refractivity contribution >= 4 is 27.9 Å². The van der Waals surface area contributed by atoms with Gasteiger partial charge in [0, 0.05) is 19.3 Å². The van der Waals surface area contributed by atoms with Gasteiger partial charge in [-0.15, -0.1) is 0 Å². The van der Waals surface area contributed by atoms with E-state index >= 15 is 0 Å². The lowest BCUT2D eigenvalue weighted by atomic mass is 10.2. The molecule has 102 valence electrons. The van der Waals surface area contributed by atoms with Crippen molar-refractivity contribution in [3.05, 3.63) is 0 Å². The lowest BCUT2D eigenvalue weighted by Crippen LogP contribution is -2.44. The van der Waals surface area contributed by atoms with Crippen LogP contribution in [0.25, 0.3) is 0 Å². The van der Waals surface area contributed by atoms with Gasteiger partial charge in [-0.1, -0.05) is 0 Å². The number of hydrogen-bond acceptors (Lipinski definition) is 5. The number of carboxylic acids is 1. The number of amides is 2. The van der Waals surface area contributed by atoms with Crippen LogP contribution in [0, 0.1) is 0 Å². The third-order valence-electron chi connectivity index (χ3n) is 2.56. The van der Waals surface area contributed by atoms with Gasteiger partial charge in [-0.05, 0) is 12.8 Å². The zero-order valence-electron chi connectivity index (χ0n) is 9.40. The highest BCUT2D eigenvalue weighted by Gasteiger charge is 2.40. The molecule has 2 amide bonds. The molecule has 1 rings (SSSR count). The fraction of sp³-hybridized carbons (Fsp3) is 0.667. The number of carbonyl (C=O) groups is 3. The van der Waals surface area contributed by atoms with Gasteiger partial charge in [-0.3, -0.25) is 23.8 Å². The van der Waals surface area contributed by atoms with E-state index < -0.39 is 33.3 Å². The summed E-state index contributed by atoms with van der Waals surface area (Å²) in [4.78, 5) is 33.6. The first-order valence-corrected chi connectivity index (χ1v) is 6.77. The Morgan fingerprint density at radius 1 is 1.28 bits per heavy atom. The number of imide groups is 1. The first kappa shape index (κ1) is 14.6. The molecule has 0 aliphatic carbocycles. The van der Waals surface area contributed by atoms with Crippen LogP contribution in [-0.2, 0) is 24.5 Å². The summed E-state index contributed by atoms with van der Waals surface area (Å²) in [6.07, 6.45) is -0.838. The predicted molar refractivity (Wildman–Crippen MR) is 57.9 cm³/mol. The molecule has 0 saturated carbocycles. The van der Waals surface area contributed by atoms with Gasteiger partial charge < -0.3 is 5.11 Å². The van der Waals surface area contributed by atoms with Gasteiger partial charge in [0.1, 0.15) is 0 Å². The van der Waals surface area contributed by atoms with E-state index in [4.69, 9.17) is 9.66 Å². The first-order valence-electron chi connectivity index (χ1n) is 5.26. The molecule has 0 spiro atoms. The van der Waals surface area contributed by atoms with Crippen LogP contribution in [0.15, 0.2) is 0 Å². The zero-order chi connectivity index (χ0) is 13.9. The average Bonchev–Trinajstić information content (AvgIpc) is 2.52. The van der Waals surface area contributed by atoms with Crippen molar-refractivity contribution in [2.24, 2.45) is 0 Å². The largest absolute Gasteiger partial charge is 0.481 e. The van der Waals surface area contributed by atoms with Gasteiger partial charge in [0.25, 0.3) is 10.1 Å². The number of likely N-dealkylation sites (tertiary alicyclic amines) is 1. The van der Waals surface area contributed by atoms with E-state index in [1.807, 2.05) is 0 Å². The van der Waals surface area contributed by atoms with E-state index in [9.17, 15) is 22.8 Å². The Labute approximate surface area is 103 Å². The highest BCUT2D eigenvalue weighted by atomic mass is 32.2. The van der Waals surface area contributed by atoms with Crippen LogP contribution in [0.3, 0.4) is 0 Å². The van der Waals surface area contributed by atoms with Crippen molar-refractivity contribution in [3.8, 4) is 0 Å². The summed E-state index contributed by atoms with van der Waals surface area (Å²) in [6.45, 7) is 0. The lowest BCUT2D eigenvalue weighted by Gasteiger charge is -2.23. The van der Waals surface area contributed by atoms with E-state index in [0.717, 1.165) is 0 Å². The summed E-state index contributed by atoms with van der Waals surface area (Å²) in [5.41, 5.74) is 0. The van der Waals surface area contributed by atoms with Crippen molar-refractivity contribution in [1.82, 2.24) is 4.90 Å². The number of rotatable bonds is 6. The number of hydrogen-bond donors (Lipinski definition) is 2. The minimum atomic E-state index is -4.62. The Kier molecular flexibility index (Phi) is 4.41. The van der Waals surface area contributed by atoms with E-state index in [1.54, 1.807) is 0 Å². The second-order valence-electron chi connectivity index (χ2n) is 3.91. The van der Waals surface area contributed by atoms with Gasteiger partial charge in [0.05, 0.1) is 0 Å². The van der Waals surface area contributed by atoms with Crippen LogP contribution in [0.1, 0.15) is 32.1 Å². The Bertz CT molecular complexity index is 453. The monoisotopic (exact) mass is 279 g/mol. The quantitative estimate of drug-likeness (QED) is 0.500. The summed E-state index contributed by atoms with van der Waals surface area (Å²) in [6, 6.07) is 0. The Balaban J connectivity index is 2.82. The van der Waals surface area contributed by atoms with Gasteiger partial charge in [0.2, 0.25) is 11.8 Å². The van der Waals surface area contributed by atoms with Crippen LogP contribution >= 0.6 is 0 Å². The molecule has 0 aromatic heterocycles. The third-order valence-corrected chi connectivity index (χ3v) is 3.70. The maximum Gasteiger partial charge on any atom is 0.303 e. The minimum Gasteiger partial charge on any atom is -0.481 e. The van der Waals surface area contributed by atoms with Gasteiger partial charge >= 0.3 is 5.97 Å². The molecule has 1 atom stereocenters. The minimum absolute atomic E-state index is 0.0587. The third kappa shape index (κ3) is 3.50. The molecule has 0 bridgehead atoms. The summed E-state index contributed by atoms with van der Waals surface area (Å²) in [5, 5.41) is 6.76. The normalized spacial score (nSPS) is 18.2. The topological polar surface area (TPSA) is 129 Å². The predicted octanol–water partition coefficient (Wildman–Crippen LogP) is -0.396.